The number of thioether (sulfide) groups is 1. The van der Waals surface area contributed by atoms with Gasteiger partial charge >= 0.3 is 0 Å². The summed E-state index contributed by atoms with van der Waals surface area (Å²) >= 11 is 2.01. The van der Waals surface area contributed by atoms with Crippen LogP contribution in [0.5, 0.6) is 0 Å². The van der Waals surface area contributed by atoms with E-state index in [1.54, 1.807) is 5.56 Å². The van der Waals surface area contributed by atoms with Crippen LogP contribution in [0.4, 0.5) is 0 Å². The van der Waals surface area contributed by atoms with Crippen LogP contribution in [0.25, 0.3) is 10.9 Å². The van der Waals surface area contributed by atoms with Crippen molar-refractivity contribution in [2.24, 2.45) is 5.92 Å². The third kappa shape index (κ3) is 2.30. The fourth-order valence-electron chi connectivity index (χ4n) is 4.80. The van der Waals surface area contributed by atoms with Crippen LogP contribution >= 0.6 is 11.8 Å². The van der Waals surface area contributed by atoms with Crippen LogP contribution in [0, 0.1) is 5.92 Å². The molecule has 1 aromatic heterocycles. The van der Waals surface area contributed by atoms with Crippen LogP contribution in [0.3, 0.4) is 0 Å². The summed E-state index contributed by atoms with van der Waals surface area (Å²) in [6.45, 7) is 4.87. The van der Waals surface area contributed by atoms with Gasteiger partial charge in [0.25, 0.3) is 0 Å². The minimum Gasteiger partial charge on any atom is -0.361 e. The van der Waals surface area contributed by atoms with E-state index in [4.69, 9.17) is 0 Å². The van der Waals surface area contributed by atoms with E-state index in [1.165, 1.54) is 54.6 Å². The van der Waals surface area contributed by atoms with Gasteiger partial charge in [0.1, 0.15) is 0 Å². The monoisotopic (exact) mass is 314 g/mol. The number of aromatic nitrogens is 1. The minimum atomic E-state index is 0.715. The normalized spacial score (nSPS) is 28.0. The zero-order chi connectivity index (χ0) is 15.1. The number of nitrogens with one attached hydrogen (secondary N) is 1. The molecule has 2 aromatic rings. The van der Waals surface area contributed by atoms with Crippen molar-refractivity contribution in [3.05, 3.63) is 35.5 Å². The quantitative estimate of drug-likeness (QED) is 0.909. The first kappa shape index (κ1) is 14.6. The zero-order valence-electron chi connectivity index (χ0n) is 13.6. The fraction of sp³-hybridized carbons (Fsp3) is 0.579. The Bertz CT molecular complexity index is 662. The van der Waals surface area contributed by atoms with Gasteiger partial charge in [0.15, 0.2) is 0 Å². The molecule has 22 heavy (non-hydrogen) atoms. The van der Waals surface area contributed by atoms with Gasteiger partial charge in [0.05, 0.1) is 0 Å². The average molecular weight is 314 g/mol. The summed E-state index contributed by atoms with van der Waals surface area (Å²) in [7, 11) is 0. The van der Waals surface area contributed by atoms with E-state index in [1.807, 2.05) is 11.8 Å². The summed E-state index contributed by atoms with van der Waals surface area (Å²) in [5, 5.41) is 1.53. The van der Waals surface area contributed by atoms with Gasteiger partial charge in [-0.2, -0.15) is 11.8 Å². The lowest BCUT2D eigenvalue weighted by molar-refractivity contribution is 0.0926. The zero-order valence-corrected chi connectivity index (χ0v) is 14.5. The molecule has 0 spiro atoms. The molecule has 1 N–H and O–H groups in total. The SMILES string of the molecule is CCCN1C[C@H](CSC)C[C@@H]2c3cccc4[nH]cc(c34)CC21. The van der Waals surface area contributed by atoms with Crippen LogP contribution in [-0.2, 0) is 6.42 Å². The molecule has 1 saturated heterocycles. The van der Waals surface area contributed by atoms with Crippen molar-refractivity contribution in [3.8, 4) is 0 Å². The van der Waals surface area contributed by atoms with Crippen molar-refractivity contribution in [1.29, 1.82) is 0 Å². The highest BCUT2D eigenvalue weighted by Crippen LogP contribution is 2.45. The Kier molecular flexibility index (Phi) is 3.95. The maximum Gasteiger partial charge on any atom is 0.0459 e. The second-order valence-electron chi connectivity index (χ2n) is 7.01. The molecule has 2 heterocycles. The molecule has 1 aliphatic carbocycles. The Morgan fingerprint density at radius 3 is 3.09 bits per heavy atom. The summed E-state index contributed by atoms with van der Waals surface area (Å²) < 4.78 is 0. The predicted octanol–water partition coefficient (Wildman–Crippen LogP) is 4.27. The molecule has 3 heteroatoms. The Hall–Kier alpha value is -0.930. The number of H-pyrrole nitrogens is 1. The summed E-state index contributed by atoms with van der Waals surface area (Å²) in [4.78, 5) is 6.29. The molecule has 4 rings (SSSR count). The summed E-state index contributed by atoms with van der Waals surface area (Å²) in [5.41, 5.74) is 4.48. The number of hydrogen-bond donors (Lipinski definition) is 1. The Labute approximate surface area is 137 Å². The Morgan fingerprint density at radius 2 is 2.27 bits per heavy atom. The Morgan fingerprint density at radius 1 is 1.36 bits per heavy atom. The first-order chi connectivity index (χ1) is 10.8. The molecular weight excluding hydrogens is 288 g/mol. The first-order valence-corrected chi connectivity index (χ1v) is 10.0. The number of likely N-dealkylation sites (tertiary alicyclic amines) is 1. The molecule has 1 aromatic carbocycles. The lowest BCUT2D eigenvalue weighted by Crippen LogP contribution is -2.50. The molecule has 1 aliphatic heterocycles. The van der Waals surface area contributed by atoms with Crippen molar-refractivity contribution < 1.29 is 0 Å². The van der Waals surface area contributed by atoms with Crippen molar-refractivity contribution in [2.75, 3.05) is 25.1 Å². The second kappa shape index (κ2) is 5.93. The maximum absolute atomic E-state index is 3.49. The number of piperidine rings is 1. The smallest absolute Gasteiger partial charge is 0.0459 e. The number of nitrogens with zero attached hydrogens (tertiary/aromatic N) is 1. The van der Waals surface area contributed by atoms with Crippen LogP contribution < -0.4 is 0 Å². The molecule has 1 fully saturated rings. The molecule has 0 bridgehead atoms. The Balaban J connectivity index is 1.75. The van der Waals surface area contributed by atoms with Gasteiger partial charge in [0.2, 0.25) is 0 Å². The largest absolute Gasteiger partial charge is 0.361 e. The van der Waals surface area contributed by atoms with E-state index in [0.29, 0.717) is 6.04 Å². The van der Waals surface area contributed by atoms with Gasteiger partial charge in [-0.15, -0.1) is 0 Å². The highest BCUT2D eigenvalue weighted by Gasteiger charge is 2.40. The van der Waals surface area contributed by atoms with Gasteiger partial charge in [-0.1, -0.05) is 19.1 Å². The summed E-state index contributed by atoms with van der Waals surface area (Å²) in [6.07, 6.45) is 8.37. The molecular formula is C19H26N2S. The lowest BCUT2D eigenvalue weighted by Gasteiger charge is -2.47. The van der Waals surface area contributed by atoms with Gasteiger partial charge in [0, 0.05) is 35.6 Å². The number of rotatable bonds is 4. The first-order valence-electron chi connectivity index (χ1n) is 8.63. The molecule has 0 radical (unpaired) electrons. The molecule has 1 unspecified atom stereocenters. The van der Waals surface area contributed by atoms with E-state index in [2.05, 4.69) is 47.5 Å². The van der Waals surface area contributed by atoms with Gasteiger partial charge in [-0.05, 0) is 60.9 Å². The highest BCUT2D eigenvalue weighted by molar-refractivity contribution is 7.98. The van der Waals surface area contributed by atoms with E-state index < -0.39 is 0 Å². The standard InChI is InChI=1S/C19H26N2S/c1-3-7-21-11-13(12-22-2)8-16-15-5-4-6-17-19(15)14(10-20-17)9-18(16)21/h4-6,10,13,16,18,20H,3,7-9,11-12H2,1-2H3/t13-,16-,18?/m1/s1. The molecule has 0 amide bonds. The fourth-order valence-corrected chi connectivity index (χ4v) is 5.51. The van der Waals surface area contributed by atoms with Gasteiger partial charge < -0.3 is 4.98 Å². The summed E-state index contributed by atoms with van der Waals surface area (Å²) in [5.74, 6) is 2.88. The topological polar surface area (TPSA) is 19.0 Å². The number of benzene rings is 1. The molecule has 3 atom stereocenters. The number of hydrogen-bond acceptors (Lipinski definition) is 2. The molecule has 2 nitrogen and oxygen atoms in total. The van der Waals surface area contributed by atoms with Crippen molar-refractivity contribution in [1.82, 2.24) is 9.88 Å². The third-order valence-corrected chi connectivity index (χ3v) is 6.38. The average Bonchev–Trinajstić information content (AvgIpc) is 2.94. The molecule has 118 valence electrons. The number of aromatic amines is 1. The highest BCUT2D eigenvalue weighted by atomic mass is 32.2. The van der Waals surface area contributed by atoms with Gasteiger partial charge in [-0.25, -0.2) is 0 Å². The number of fused-ring (bicyclic) bond motifs is 2. The molecule has 0 saturated carbocycles. The lowest BCUT2D eigenvalue weighted by atomic mass is 9.72. The van der Waals surface area contributed by atoms with E-state index in [0.717, 1.165) is 11.8 Å². The third-order valence-electron chi connectivity index (χ3n) is 5.57. The summed E-state index contributed by atoms with van der Waals surface area (Å²) in [6, 6.07) is 7.58. The van der Waals surface area contributed by atoms with Gasteiger partial charge in [-0.3, -0.25) is 4.90 Å². The van der Waals surface area contributed by atoms with Crippen LogP contribution in [0.2, 0.25) is 0 Å². The minimum absolute atomic E-state index is 0.715. The second-order valence-corrected chi connectivity index (χ2v) is 7.92. The van der Waals surface area contributed by atoms with Crippen LogP contribution in [0.15, 0.2) is 24.4 Å². The van der Waals surface area contributed by atoms with Crippen LogP contribution in [-0.4, -0.2) is 41.0 Å². The van der Waals surface area contributed by atoms with E-state index in [-0.39, 0.29) is 0 Å². The van der Waals surface area contributed by atoms with Crippen molar-refractivity contribution >= 4 is 22.7 Å². The predicted molar refractivity (Wildman–Crippen MR) is 96.9 cm³/mol. The van der Waals surface area contributed by atoms with Crippen molar-refractivity contribution in [2.45, 2.75) is 38.1 Å². The molecule has 2 aliphatic rings. The maximum atomic E-state index is 3.49. The van der Waals surface area contributed by atoms with Crippen LogP contribution in [0.1, 0.15) is 36.8 Å². The van der Waals surface area contributed by atoms with Crippen molar-refractivity contribution in [3.63, 3.8) is 0 Å². The van der Waals surface area contributed by atoms with E-state index >= 15 is 0 Å². The van der Waals surface area contributed by atoms with E-state index in [9.17, 15) is 0 Å².